The van der Waals surface area contributed by atoms with Crippen molar-refractivity contribution in [2.24, 2.45) is 0 Å². The van der Waals surface area contributed by atoms with Crippen LogP contribution in [-0.4, -0.2) is 27.1 Å². The Balaban J connectivity index is 2.04. The maximum absolute atomic E-state index is 13.4. The lowest BCUT2D eigenvalue weighted by Crippen LogP contribution is -2.18. The van der Waals surface area contributed by atoms with Crippen molar-refractivity contribution in [2.45, 2.75) is 6.92 Å². The van der Waals surface area contributed by atoms with Gasteiger partial charge in [0.05, 0.1) is 5.56 Å². The van der Waals surface area contributed by atoms with Crippen LogP contribution in [-0.2, 0) is 0 Å². The smallest absolute Gasteiger partial charge is 0.255 e. The van der Waals surface area contributed by atoms with E-state index in [1.807, 2.05) is 37.2 Å². The largest absolute Gasteiger partial charge is 0.455 e. The second-order valence-electron chi connectivity index (χ2n) is 7.52. The SMILES string of the molecule is CNC(=O)c1c(-c2ccc(F)cc2)oc2cc(N(C)C)c(-c3cccc(C)c3)cc12. The van der Waals surface area contributed by atoms with Gasteiger partial charge in [0, 0.05) is 49.4 Å². The van der Waals surface area contributed by atoms with Gasteiger partial charge < -0.3 is 14.6 Å². The number of aryl methyl sites for hydroxylation is 1. The monoisotopic (exact) mass is 402 g/mol. The van der Waals surface area contributed by atoms with Gasteiger partial charge in [0.25, 0.3) is 5.91 Å². The number of furan rings is 1. The first-order chi connectivity index (χ1) is 14.4. The molecule has 1 heterocycles. The van der Waals surface area contributed by atoms with Crippen LogP contribution in [0.5, 0.6) is 0 Å². The lowest BCUT2D eigenvalue weighted by molar-refractivity contribution is 0.0964. The molecule has 30 heavy (non-hydrogen) atoms. The number of hydrogen-bond acceptors (Lipinski definition) is 3. The van der Waals surface area contributed by atoms with E-state index in [0.29, 0.717) is 22.5 Å². The first-order valence-corrected chi connectivity index (χ1v) is 9.72. The summed E-state index contributed by atoms with van der Waals surface area (Å²) in [5.74, 6) is -0.163. The molecule has 0 fully saturated rings. The molecule has 0 spiro atoms. The molecule has 0 radical (unpaired) electrons. The molecular weight excluding hydrogens is 379 g/mol. The number of halogens is 1. The molecule has 5 heteroatoms. The first-order valence-electron chi connectivity index (χ1n) is 9.72. The average molecular weight is 402 g/mol. The van der Waals surface area contributed by atoms with E-state index in [4.69, 9.17) is 4.42 Å². The van der Waals surface area contributed by atoms with Gasteiger partial charge in [0.1, 0.15) is 17.2 Å². The van der Waals surface area contributed by atoms with Crippen molar-refractivity contribution >= 4 is 22.6 Å². The molecule has 0 bridgehead atoms. The number of nitrogens with one attached hydrogen (secondary N) is 1. The van der Waals surface area contributed by atoms with Gasteiger partial charge in [0.2, 0.25) is 0 Å². The van der Waals surface area contributed by atoms with Gasteiger partial charge in [-0.05, 0) is 42.8 Å². The van der Waals surface area contributed by atoms with Crippen molar-refractivity contribution in [3.05, 3.63) is 77.6 Å². The van der Waals surface area contributed by atoms with Crippen molar-refractivity contribution in [1.82, 2.24) is 5.32 Å². The lowest BCUT2D eigenvalue weighted by Gasteiger charge is -2.18. The number of hydrogen-bond donors (Lipinski definition) is 1. The molecule has 0 saturated heterocycles. The Hall–Kier alpha value is -3.60. The summed E-state index contributed by atoms with van der Waals surface area (Å²) in [7, 11) is 5.54. The fourth-order valence-electron chi connectivity index (χ4n) is 3.70. The zero-order valence-electron chi connectivity index (χ0n) is 17.4. The topological polar surface area (TPSA) is 45.5 Å². The van der Waals surface area contributed by atoms with Crippen molar-refractivity contribution in [2.75, 3.05) is 26.0 Å². The van der Waals surface area contributed by atoms with Crippen molar-refractivity contribution < 1.29 is 13.6 Å². The minimum Gasteiger partial charge on any atom is -0.455 e. The maximum Gasteiger partial charge on any atom is 0.255 e. The number of benzene rings is 3. The van der Waals surface area contributed by atoms with Gasteiger partial charge in [-0.1, -0.05) is 29.8 Å². The number of fused-ring (bicyclic) bond motifs is 1. The zero-order valence-corrected chi connectivity index (χ0v) is 17.4. The van der Waals surface area contributed by atoms with Crippen molar-refractivity contribution in [3.8, 4) is 22.5 Å². The average Bonchev–Trinajstić information content (AvgIpc) is 3.11. The summed E-state index contributed by atoms with van der Waals surface area (Å²) >= 11 is 0. The third-order valence-corrected chi connectivity index (χ3v) is 5.18. The van der Waals surface area contributed by atoms with Gasteiger partial charge in [0.15, 0.2) is 0 Å². The summed E-state index contributed by atoms with van der Waals surface area (Å²) in [5, 5.41) is 3.42. The number of rotatable bonds is 4. The third-order valence-electron chi connectivity index (χ3n) is 5.18. The standard InChI is InChI=1S/C25H23FN2O2/c1-15-6-5-7-17(12-15)19-13-20-22(14-21(19)28(3)4)30-24(23(20)25(29)27-2)16-8-10-18(26)11-9-16/h5-14H,1-4H3,(H,27,29). The summed E-state index contributed by atoms with van der Waals surface area (Å²) in [6, 6.07) is 18.2. The molecule has 1 amide bonds. The van der Waals surface area contributed by atoms with Gasteiger partial charge in [-0.2, -0.15) is 0 Å². The van der Waals surface area contributed by atoms with Crippen molar-refractivity contribution in [3.63, 3.8) is 0 Å². The van der Waals surface area contributed by atoms with Gasteiger partial charge in [-0.25, -0.2) is 4.39 Å². The Bertz CT molecular complexity index is 1240. The van der Waals surface area contributed by atoms with E-state index in [1.54, 1.807) is 19.2 Å². The molecule has 0 atom stereocenters. The molecule has 1 aromatic heterocycles. The quantitative estimate of drug-likeness (QED) is 0.480. The van der Waals surface area contributed by atoms with Crippen molar-refractivity contribution in [1.29, 1.82) is 0 Å². The van der Waals surface area contributed by atoms with Gasteiger partial charge >= 0.3 is 0 Å². The molecule has 0 aliphatic carbocycles. The Morgan fingerprint density at radius 2 is 1.73 bits per heavy atom. The Kier molecular flexibility index (Phi) is 5.04. The highest BCUT2D eigenvalue weighted by molar-refractivity contribution is 6.12. The molecule has 3 aromatic carbocycles. The highest BCUT2D eigenvalue weighted by atomic mass is 19.1. The number of nitrogens with zero attached hydrogens (tertiary/aromatic N) is 1. The maximum atomic E-state index is 13.4. The Morgan fingerprint density at radius 3 is 2.37 bits per heavy atom. The molecular formula is C25H23FN2O2. The second kappa shape index (κ2) is 7.67. The fraction of sp³-hybridized carbons (Fsp3) is 0.160. The number of anilines is 1. The first kappa shape index (κ1) is 19.7. The molecule has 152 valence electrons. The Labute approximate surface area is 174 Å². The van der Waals surface area contributed by atoms with Crippen LogP contribution in [0.2, 0.25) is 0 Å². The fourth-order valence-corrected chi connectivity index (χ4v) is 3.70. The summed E-state index contributed by atoms with van der Waals surface area (Å²) in [4.78, 5) is 14.8. The molecule has 4 aromatic rings. The lowest BCUT2D eigenvalue weighted by atomic mass is 9.97. The number of amides is 1. The minimum absolute atomic E-state index is 0.249. The number of carbonyl (C=O) groups excluding carboxylic acids is 1. The van der Waals surface area contributed by atoms with Crippen LogP contribution < -0.4 is 10.2 Å². The van der Waals surface area contributed by atoms with E-state index in [1.165, 1.54) is 12.1 Å². The van der Waals surface area contributed by atoms with Crippen LogP contribution in [0.15, 0.2) is 65.1 Å². The van der Waals surface area contributed by atoms with E-state index in [-0.39, 0.29) is 11.7 Å². The van der Waals surface area contributed by atoms with E-state index in [2.05, 4.69) is 30.4 Å². The zero-order chi connectivity index (χ0) is 21.4. The highest BCUT2D eigenvalue weighted by Crippen LogP contribution is 2.40. The van der Waals surface area contributed by atoms with E-state index < -0.39 is 0 Å². The number of carbonyl (C=O) groups is 1. The second-order valence-corrected chi connectivity index (χ2v) is 7.52. The predicted octanol–water partition coefficient (Wildman–Crippen LogP) is 5.64. The molecule has 4 rings (SSSR count). The highest BCUT2D eigenvalue weighted by Gasteiger charge is 2.23. The summed E-state index contributed by atoms with van der Waals surface area (Å²) < 4.78 is 19.6. The van der Waals surface area contributed by atoms with Gasteiger partial charge in [-0.3, -0.25) is 4.79 Å². The van der Waals surface area contributed by atoms with Crippen LogP contribution in [0.25, 0.3) is 33.4 Å². The van der Waals surface area contributed by atoms with Crippen LogP contribution in [0.4, 0.5) is 10.1 Å². The van der Waals surface area contributed by atoms with Gasteiger partial charge in [-0.15, -0.1) is 0 Å². The predicted molar refractivity (Wildman–Crippen MR) is 119 cm³/mol. The molecule has 0 aliphatic heterocycles. The minimum atomic E-state index is -0.340. The molecule has 4 nitrogen and oxygen atoms in total. The normalized spacial score (nSPS) is 11.0. The Morgan fingerprint density at radius 1 is 1.00 bits per heavy atom. The van der Waals surface area contributed by atoms with Crippen LogP contribution in [0.3, 0.4) is 0 Å². The van der Waals surface area contributed by atoms with E-state index in [0.717, 1.165) is 27.8 Å². The molecule has 1 N–H and O–H groups in total. The summed E-state index contributed by atoms with van der Waals surface area (Å²) in [5.41, 5.74) is 5.90. The van der Waals surface area contributed by atoms with Crippen LogP contribution >= 0.6 is 0 Å². The van der Waals surface area contributed by atoms with Crippen LogP contribution in [0, 0.1) is 12.7 Å². The van der Waals surface area contributed by atoms with Crippen LogP contribution in [0.1, 0.15) is 15.9 Å². The third kappa shape index (κ3) is 3.43. The van der Waals surface area contributed by atoms with E-state index >= 15 is 0 Å². The molecule has 0 saturated carbocycles. The molecule has 0 unspecified atom stereocenters. The summed E-state index contributed by atoms with van der Waals surface area (Å²) in [6.45, 7) is 2.05. The summed E-state index contributed by atoms with van der Waals surface area (Å²) in [6.07, 6.45) is 0. The van der Waals surface area contributed by atoms with E-state index in [9.17, 15) is 9.18 Å². The molecule has 0 aliphatic rings.